The maximum absolute atomic E-state index is 13.3. The van der Waals surface area contributed by atoms with Gasteiger partial charge < -0.3 is 15.0 Å². The van der Waals surface area contributed by atoms with E-state index in [9.17, 15) is 19.3 Å². The van der Waals surface area contributed by atoms with Crippen LogP contribution in [0, 0.1) is 15.9 Å². The van der Waals surface area contributed by atoms with Crippen molar-refractivity contribution in [1.29, 1.82) is 0 Å². The summed E-state index contributed by atoms with van der Waals surface area (Å²) in [6.45, 7) is 0.593. The van der Waals surface area contributed by atoms with Gasteiger partial charge in [0.05, 0.1) is 23.8 Å². The van der Waals surface area contributed by atoms with Crippen molar-refractivity contribution in [1.82, 2.24) is 0 Å². The molecule has 1 aliphatic heterocycles. The molecule has 2 aromatic rings. The zero-order valence-electron chi connectivity index (χ0n) is 14.2. The SMILES string of the molecule is COc1ccc(Nc2ccc(F)cc2[N+](=O)[O-])cc1N1CCCCC1=O. The van der Waals surface area contributed by atoms with E-state index in [1.807, 2.05) is 0 Å². The molecule has 1 aliphatic rings. The summed E-state index contributed by atoms with van der Waals surface area (Å²) in [6, 6.07) is 8.40. The number of hydrogen-bond donors (Lipinski definition) is 1. The molecule has 1 fully saturated rings. The zero-order valence-corrected chi connectivity index (χ0v) is 14.2. The van der Waals surface area contributed by atoms with Crippen molar-refractivity contribution in [2.45, 2.75) is 19.3 Å². The highest BCUT2D eigenvalue weighted by Gasteiger charge is 2.23. The minimum absolute atomic E-state index is 0.0134. The predicted molar refractivity (Wildman–Crippen MR) is 95.5 cm³/mol. The first-order chi connectivity index (χ1) is 12.5. The second kappa shape index (κ2) is 7.38. The number of nitro benzene ring substituents is 1. The van der Waals surface area contributed by atoms with Gasteiger partial charge in [0.1, 0.15) is 17.3 Å². The highest BCUT2D eigenvalue weighted by atomic mass is 19.1. The van der Waals surface area contributed by atoms with Gasteiger partial charge in [-0.2, -0.15) is 0 Å². The van der Waals surface area contributed by atoms with Crippen LogP contribution < -0.4 is 15.0 Å². The van der Waals surface area contributed by atoms with Gasteiger partial charge in [-0.25, -0.2) is 4.39 Å². The highest BCUT2D eigenvalue weighted by molar-refractivity contribution is 5.96. The van der Waals surface area contributed by atoms with E-state index in [-0.39, 0.29) is 17.3 Å². The summed E-state index contributed by atoms with van der Waals surface area (Å²) in [7, 11) is 1.52. The van der Waals surface area contributed by atoms with Crippen molar-refractivity contribution in [2.24, 2.45) is 0 Å². The third kappa shape index (κ3) is 3.58. The Morgan fingerprint density at radius 2 is 2.04 bits per heavy atom. The molecule has 0 spiro atoms. The Morgan fingerprint density at radius 3 is 2.73 bits per heavy atom. The van der Waals surface area contributed by atoms with E-state index in [4.69, 9.17) is 4.74 Å². The number of hydrogen-bond acceptors (Lipinski definition) is 5. The Balaban J connectivity index is 1.96. The van der Waals surface area contributed by atoms with Crippen molar-refractivity contribution >= 4 is 28.7 Å². The van der Waals surface area contributed by atoms with E-state index >= 15 is 0 Å². The molecule has 1 heterocycles. The molecule has 3 rings (SSSR count). The molecule has 8 heteroatoms. The standard InChI is InChI=1S/C18H18FN3O4/c1-26-17-8-6-13(11-16(17)21-9-3-2-4-18(21)23)20-14-7-5-12(19)10-15(14)22(24)25/h5-8,10-11,20H,2-4,9H2,1H3. The minimum atomic E-state index is -0.684. The third-order valence-electron chi connectivity index (χ3n) is 4.23. The van der Waals surface area contributed by atoms with Gasteiger partial charge in [0.2, 0.25) is 5.91 Å². The van der Waals surface area contributed by atoms with Gasteiger partial charge in [-0.05, 0) is 43.2 Å². The van der Waals surface area contributed by atoms with E-state index in [1.54, 1.807) is 23.1 Å². The highest BCUT2D eigenvalue weighted by Crippen LogP contribution is 2.36. The summed E-state index contributed by atoms with van der Waals surface area (Å²) in [5, 5.41) is 14.1. The molecule has 0 bridgehead atoms. The van der Waals surface area contributed by atoms with Gasteiger partial charge in [0.15, 0.2) is 0 Å². The van der Waals surface area contributed by atoms with Gasteiger partial charge in [-0.1, -0.05) is 0 Å². The van der Waals surface area contributed by atoms with Crippen LogP contribution in [0.25, 0.3) is 0 Å². The number of anilines is 3. The molecular weight excluding hydrogens is 341 g/mol. The fraction of sp³-hybridized carbons (Fsp3) is 0.278. The van der Waals surface area contributed by atoms with Crippen LogP contribution in [0.2, 0.25) is 0 Å². The number of piperidine rings is 1. The van der Waals surface area contributed by atoms with Crippen molar-refractivity contribution in [3.8, 4) is 5.75 Å². The maximum Gasteiger partial charge on any atom is 0.295 e. The number of methoxy groups -OCH3 is 1. The molecule has 1 saturated heterocycles. The molecule has 0 saturated carbocycles. The number of nitrogens with one attached hydrogen (secondary N) is 1. The first-order valence-electron chi connectivity index (χ1n) is 8.19. The maximum atomic E-state index is 13.3. The van der Waals surface area contributed by atoms with Crippen LogP contribution in [0.4, 0.5) is 27.1 Å². The molecule has 0 unspecified atom stereocenters. The van der Waals surface area contributed by atoms with Crippen LogP contribution >= 0.6 is 0 Å². The summed E-state index contributed by atoms with van der Waals surface area (Å²) in [4.78, 5) is 24.4. The Kier molecular flexibility index (Phi) is 5.01. The first-order valence-corrected chi connectivity index (χ1v) is 8.19. The predicted octanol–water partition coefficient (Wildman–Crippen LogP) is 4.00. The average Bonchev–Trinajstić information content (AvgIpc) is 2.63. The molecule has 136 valence electrons. The van der Waals surface area contributed by atoms with E-state index in [0.717, 1.165) is 25.0 Å². The summed E-state index contributed by atoms with van der Waals surface area (Å²) in [5.41, 5.74) is 0.940. The van der Waals surface area contributed by atoms with Gasteiger partial charge in [-0.15, -0.1) is 0 Å². The molecule has 1 amide bonds. The number of nitro groups is 1. The van der Waals surface area contributed by atoms with E-state index in [0.29, 0.717) is 30.1 Å². The van der Waals surface area contributed by atoms with Gasteiger partial charge in [0, 0.05) is 18.7 Å². The Labute approximate surface area is 149 Å². The fourth-order valence-electron chi connectivity index (χ4n) is 2.96. The van der Waals surface area contributed by atoms with Crippen molar-refractivity contribution in [3.05, 3.63) is 52.3 Å². The average molecular weight is 359 g/mol. The number of nitrogens with zero attached hydrogens (tertiary/aromatic N) is 2. The monoisotopic (exact) mass is 359 g/mol. The van der Waals surface area contributed by atoms with E-state index in [1.165, 1.54) is 13.2 Å². The molecule has 0 atom stereocenters. The summed E-state index contributed by atoms with van der Waals surface area (Å²) >= 11 is 0. The zero-order chi connectivity index (χ0) is 18.7. The van der Waals surface area contributed by atoms with E-state index < -0.39 is 10.7 Å². The second-order valence-electron chi connectivity index (χ2n) is 5.93. The molecule has 0 aliphatic carbocycles. The van der Waals surface area contributed by atoms with Crippen LogP contribution in [-0.2, 0) is 4.79 Å². The Hall–Kier alpha value is -3.16. The topological polar surface area (TPSA) is 84.7 Å². The minimum Gasteiger partial charge on any atom is -0.495 e. The molecule has 7 nitrogen and oxygen atoms in total. The van der Waals surface area contributed by atoms with Gasteiger partial charge in [-0.3, -0.25) is 14.9 Å². The smallest absolute Gasteiger partial charge is 0.295 e. The number of carbonyl (C=O) groups excluding carboxylic acids is 1. The summed E-state index contributed by atoms with van der Waals surface area (Å²) in [6.07, 6.45) is 2.23. The lowest BCUT2D eigenvalue weighted by Gasteiger charge is -2.28. The lowest BCUT2D eigenvalue weighted by Crippen LogP contribution is -2.35. The number of benzene rings is 2. The van der Waals surface area contributed by atoms with Crippen molar-refractivity contribution in [3.63, 3.8) is 0 Å². The summed E-state index contributed by atoms with van der Waals surface area (Å²) in [5.74, 6) is -0.129. The summed E-state index contributed by atoms with van der Waals surface area (Å²) < 4.78 is 18.7. The molecular formula is C18H18FN3O4. The third-order valence-corrected chi connectivity index (χ3v) is 4.23. The number of rotatable bonds is 5. The van der Waals surface area contributed by atoms with Gasteiger partial charge >= 0.3 is 0 Å². The molecule has 0 radical (unpaired) electrons. The van der Waals surface area contributed by atoms with Crippen LogP contribution in [-0.4, -0.2) is 24.5 Å². The van der Waals surface area contributed by atoms with Crippen LogP contribution in [0.1, 0.15) is 19.3 Å². The number of ether oxygens (including phenoxy) is 1. The Bertz CT molecular complexity index is 856. The lowest BCUT2D eigenvalue weighted by molar-refractivity contribution is -0.384. The molecule has 1 N–H and O–H groups in total. The van der Waals surface area contributed by atoms with Crippen LogP contribution in [0.5, 0.6) is 5.75 Å². The molecule has 2 aromatic carbocycles. The number of amides is 1. The van der Waals surface area contributed by atoms with Crippen LogP contribution in [0.3, 0.4) is 0 Å². The van der Waals surface area contributed by atoms with Crippen LogP contribution in [0.15, 0.2) is 36.4 Å². The van der Waals surface area contributed by atoms with Gasteiger partial charge in [0.25, 0.3) is 5.69 Å². The first kappa shape index (κ1) is 17.7. The van der Waals surface area contributed by atoms with Crippen molar-refractivity contribution < 1.29 is 18.8 Å². The van der Waals surface area contributed by atoms with Crippen molar-refractivity contribution in [2.75, 3.05) is 23.9 Å². The normalized spacial score (nSPS) is 14.2. The second-order valence-corrected chi connectivity index (χ2v) is 5.93. The van der Waals surface area contributed by atoms with E-state index in [2.05, 4.69) is 5.32 Å². The molecule has 0 aromatic heterocycles. The molecule has 26 heavy (non-hydrogen) atoms. The quantitative estimate of drug-likeness (QED) is 0.644. The Morgan fingerprint density at radius 1 is 1.23 bits per heavy atom. The fourth-order valence-corrected chi connectivity index (χ4v) is 2.96. The number of carbonyl (C=O) groups is 1. The number of halogens is 1. The lowest BCUT2D eigenvalue weighted by atomic mass is 10.1. The largest absolute Gasteiger partial charge is 0.495 e.